The first kappa shape index (κ1) is 13.0. The van der Waals surface area contributed by atoms with Crippen molar-refractivity contribution < 1.29 is 9.90 Å². The van der Waals surface area contributed by atoms with Crippen LogP contribution in [0.4, 0.5) is 0 Å². The lowest BCUT2D eigenvalue weighted by Gasteiger charge is -2.16. The van der Waals surface area contributed by atoms with E-state index in [4.69, 9.17) is 0 Å². The number of carbonyl (C=O) groups is 1. The van der Waals surface area contributed by atoms with Crippen molar-refractivity contribution in [3.05, 3.63) is 64.1 Å². The molecule has 0 aliphatic rings. The summed E-state index contributed by atoms with van der Waals surface area (Å²) in [7, 11) is 0. The number of nitrogens with one attached hydrogen (secondary N) is 2. The predicted molar refractivity (Wildman–Crippen MR) is 68.6 cm³/mol. The molecule has 1 aromatic carbocycles. The number of hydrogen-bond acceptors (Lipinski definition) is 4. The molecule has 19 heavy (non-hydrogen) atoms. The van der Waals surface area contributed by atoms with Crippen LogP contribution >= 0.6 is 0 Å². The molecule has 0 bridgehead atoms. The number of hydrogen-bond donors (Lipinski definition) is 3. The predicted octanol–water partition coefficient (Wildman–Crippen LogP) is 0.233. The van der Waals surface area contributed by atoms with E-state index in [-0.39, 0.29) is 17.9 Å². The van der Waals surface area contributed by atoms with E-state index in [1.165, 1.54) is 12.1 Å². The summed E-state index contributed by atoms with van der Waals surface area (Å²) in [5.41, 5.74) is 0.509. The summed E-state index contributed by atoms with van der Waals surface area (Å²) < 4.78 is 0. The molecule has 6 nitrogen and oxygen atoms in total. The Morgan fingerprint density at radius 3 is 2.58 bits per heavy atom. The number of carbonyl (C=O) groups excluding carboxylic acids is 1. The Morgan fingerprint density at radius 1 is 1.26 bits per heavy atom. The average molecular weight is 259 g/mol. The van der Waals surface area contributed by atoms with Gasteiger partial charge in [0.25, 0.3) is 11.5 Å². The van der Waals surface area contributed by atoms with E-state index in [2.05, 4.69) is 15.5 Å². The normalized spacial score (nSPS) is 11.8. The summed E-state index contributed by atoms with van der Waals surface area (Å²) in [6.07, 6.45) is 0. The first-order valence-electron chi connectivity index (χ1n) is 5.73. The highest BCUT2D eigenvalue weighted by Crippen LogP contribution is 2.11. The van der Waals surface area contributed by atoms with Crippen molar-refractivity contribution in [2.45, 2.75) is 6.04 Å². The Kier molecular flexibility index (Phi) is 4.04. The van der Waals surface area contributed by atoms with Gasteiger partial charge in [-0.05, 0) is 11.6 Å². The molecule has 1 aromatic heterocycles. The monoisotopic (exact) mass is 259 g/mol. The molecular weight excluding hydrogens is 246 g/mol. The van der Waals surface area contributed by atoms with Crippen molar-refractivity contribution in [2.24, 2.45) is 0 Å². The minimum atomic E-state index is -0.512. The van der Waals surface area contributed by atoms with Gasteiger partial charge in [0.2, 0.25) is 0 Å². The highest BCUT2D eigenvalue weighted by atomic mass is 16.3. The lowest BCUT2D eigenvalue weighted by molar-refractivity contribution is 0.0910. The van der Waals surface area contributed by atoms with Crippen LogP contribution in [0.2, 0.25) is 0 Å². The smallest absolute Gasteiger partial charge is 0.272 e. The number of amides is 1. The summed E-state index contributed by atoms with van der Waals surface area (Å²) in [5, 5.41) is 17.8. The van der Waals surface area contributed by atoms with Crippen LogP contribution in [-0.4, -0.2) is 27.8 Å². The van der Waals surface area contributed by atoms with Crippen molar-refractivity contribution in [1.82, 2.24) is 15.5 Å². The van der Waals surface area contributed by atoms with Gasteiger partial charge in [0.05, 0.1) is 12.6 Å². The average Bonchev–Trinajstić information content (AvgIpc) is 2.46. The Hall–Kier alpha value is -2.47. The zero-order valence-corrected chi connectivity index (χ0v) is 10.0. The Labute approximate surface area is 109 Å². The molecule has 2 aromatic rings. The summed E-state index contributed by atoms with van der Waals surface area (Å²) in [5.74, 6) is -0.459. The first-order chi connectivity index (χ1) is 9.20. The van der Waals surface area contributed by atoms with Gasteiger partial charge in [-0.1, -0.05) is 30.3 Å². The molecule has 1 atom stereocenters. The topological polar surface area (TPSA) is 95.1 Å². The van der Waals surface area contributed by atoms with Gasteiger partial charge in [0.15, 0.2) is 0 Å². The van der Waals surface area contributed by atoms with Gasteiger partial charge < -0.3 is 10.4 Å². The van der Waals surface area contributed by atoms with Crippen LogP contribution in [0.15, 0.2) is 47.3 Å². The number of nitrogens with zero attached hydrogens (tertiary/aromatic N) is 1. The largest absolute Gasteiger partial charge is 0.394 e. The number of aromatic amines is 1. The summed E-state index contributed by atoms with van der Waals surface area (Å²) >= 11 is 0. The maximum Gasteiger partial charge on any atom is 0.272 e. The summed E-state index contributed by atoms with van der Waals surface area (Å²) in [6.45, 7) is -0.223. The third-order valence-corrected chi connectivity index (χ3v) is 2.60. The number of aliphatic hydroxyl groups is 1. The molecule has 0 spiro atoms. The van der Waals surface area contributed by atoms with E-state index in [1.54, 1.807) is 0 Å². The maximum absolute atomic E-state index is 11.9. The molecule has 0 aliphatic carbocycles. The van der Waals surface area contributed by atoms with Crippen molar-refractivity contribution in [3.63, 3.8) is 0 Å². The Balaban J connectivity index is 2.13. The zero-order chi connectivity index (χ0) is 13.7. The molecule has 0 saturated carbocycles. The maximum atomic E-state index is 11.9. The minimum Gasteiger partial charge on any atom is -0.394 e. The van der Waals surface area contributed by atoms with Crippen LogP contribution in [0.25, 0.3) is 0 Å². The van der Waals surface area contributed by atoms with Gasteiger partial charge >= 0.3 is 0 Å². The molecule has 3 N–H and O–H groups in total. The molecule has 0 aliphatic heterocycles. The lowest BCUT2D eigenvalue weighted by atomic mass is 10.1. The highest BCUT2D eigenvalue weighted by Gasteiger charge is 2.15. The van der Waals surface area contributed by atoms with Gasteiger partial charge in [0.1, 0.15) is 5.69 Å². The highest BCUT2D eigenvalue weighted by molar-refractivity contribution is 5.92. The summed E-state index contributed by atoms with van der Waals surface area (Å²) in [4.78, 5) is 22.7. The van der Waals surface area contributed by atoms with Gasteiger partial charge in [0, 0.05) is 6.07 Å². The van der Waals surface area contributed by atoms with Crippen molar-refractivity contribution in [3.8, 4) is 0 Å². The Morgan fingerprint density at radius 2 is 2.00 bits per heavy atom. The molecule has 1 heterocycles. The standard InChI is InChI=1S/C13H13N3O3/c17-8-11(9-4-2-1-3-5-9)14-13(19)10-6-7-12(18)16-15-10/h1-7,11,17H,8H2,(H,14,19)(H,16,18)/t11-/m1/s1. The van der Waals surface area contributed by atoms with Gasteiger partial charge in [-0.3, -0.25) is 9.59 Å². The molecule has 0 radical (unpaired) electrons. The second-order valence-corrected chi connectivity index (χ2v) is 3.93. The molecule has 0 saturated heterocycles. The number of rotatable bonds is 4. The lowest BCUT2D eigenvalue weighted by Crippen LogP contribution is -2.32. The molecule has 1 amide bonds. The molecule has 2 rings (SSSR count). The number of H-pyrrole nitrogens is 1. The zero-order valence-electron chi connectivity index (χ0n) is 10.0. The van der Waals surface area contributed by atoms with Gasteiger partial charge in [-0.25, -0.2) is 5.10 Å². The molecule has 0 fully saturated rings. The molecular formula is C13H13N3O3. The van der Waals surface area contributed by atoms with Crippen LogP contribution in [0, 0.1) is 0 Å². The SMILES string of the molecule is O=C(N[C@H](CO)c1ccccc1)c1ccc(=O)[nH]n1. The molecule has 0 unspecified atom stereocenters. The van der Waals surface area contributed by atoms with Gasteiger partial charge in [-0.15, -0.1) is 0 Å². The number of aromatic nitrogens is 2. The quantitative estimate of drug-likeness (QED) is 0.732. The van der Waals surface area contributed by atoms with Crippen molar-refractivity contribution in [1.29, 1.82) is 0 Å². The third kappa shape index (κ3) is 3.26. The van der Waals surface area contributed by atoms with E-state index in [0.717, 1.165) is 5.56 Å². The fourth-order valence-electron chi connectivity index (χ4n) is 1.62. The van der Waals surface area contributed by atoms with Crippen molar-refractivity contribution >= 4 is 5.91 Å². The van der Waals surface area contributed by atoms with Crippen LogP contribution < -0.4 is 10.9 Å². The second-order valence-electron chi connectivity index (χ2n) is 3.93. The summed E-state index contributed by atoms with van der Waals surface area (Å²) in [6, 6.07) is 11.1. The minimum absolute atomic E-state index is 0.0916. The van der Waals surface area contributed by atoms with E-state index >= 15 is 0 Å². The third-order valence-electron chi connectivity index (χ3n) is 2.60. The van der Waals surface area contributed by atoms with E-state index < -0.39 is 11.9 Å². The van der Waals surface area contributed by atoms with Gasteiger partial charge in [-0.2, -0.15) is 5.10 Å². The first-order valence-corrected chi connectivity index (χ1v) is 5.73. The number of aliphatic hydroxyl groups excluding tert-OH is 1. The molecule has 6 heteroatoms. The van der Waals surface area contributed by atoms with Crippen LogP contribution in [-0.2, 0) is 0 Å². The fourth-order valence-corrected chi connectivity index (χ4v) is 1.62. The van der Waals surface area contributed by atoms with Crippen LogP contribution in [0.5, 0.6) is 0 Å². The second kappa shape index (κ2) is 5.92. The molecule has 98 valence electrons. The van der Waals surface area contributed by atoms with E-state index in [1.807, 2.05) is 30.3 Å². The Bertz CT molecular complexity index is 590. The van der Waals surface area contributed by atoms with Crippen molar-refractivity contribution in [2.75, 3.05) is 6.61 Å². The van der Waals surface area contributed by atoms with E-state index in [9.17, 15) is 14.7 Å². The number of benzene rings is 1. The van der Waals surface area contributed by atoms with Crippen LogP contribution in [0.1, 0.15) is 22.1 Å². The van der Waals surface area contributed by atoms with E-state index in [0.29, 0.717) is 0 Å². The fraction of sp³-hybridized carbons (Fsp3) is 0.154. The van der Waals surface area contributed by atoms with Crippen LogP contribution in [0.3, 0.4) is 0 Å².